The van der Waals surface area contributed by atoms with Crippen LogP contribution >= 0.6 is 0 Å². The fourth-order valence-electron chi connectivity index (χ4n) is 3.41. The van der Waals surface area contributed by atoms with E-state index < -0.39 is 23.9 Å². The maximum absolute atomic E-state index is 14.6. The van der Waals surface area contributed by atoms with Crippen LogP contribution in [0.25, 0.3) is 0 Å². The van der Waals surface area contributed by atoms with Crippen LogP contribution in [0.3, 0.4) is 0 Å². The van der Waals surface area contributed by atoms with Crippen LogP contribution in [0.15, 0.2) is 77.8 Å². The molecule has 0 saturated heterocycles. The molecule has 0 radical (unpaired) electrons. The number of hydrogen-bond donors (Lipinski definition) is 2. The van der Waals surface area contributed by atoms with Gasteiger partial charge >= 0.3 is 6.03 Å². The van der Waals surface area contributed by atoms with Gasteiger partial charge in [-0.2, -0.15) is 0 Å². The first-order chi connectivity index (χ1) is 14.9. The molecule has 1 unspecified atom stereocenters. The van der Waals surface area contributed by atoms with Gasteiger partial charge in [0.2, 0.25) is 6.17 Å². The van der Waals surface area contributed by atoms with Crippen LogP contribution in [0.1, 0.15) is 16.7 Å². The van der Waals surface area contributed by atoms with Crippen molar-refractivity contribution in [3.8, 4) is 0 Å². The van der Waals surface area contributed by atoms with E-state index >= 15 is 0 Å². The Labute approximate surface area is 179 Å². The number of urea groups is 1. The molecule has 0 aromatic heterocycles. The molecule has 0 fully saturated rings. The summed E-state index contributed by atoms with van der Waals surface area (Å²) < 4.78 is 14.6. The Kier molecular flexibility index (Phi) is 5.49. The lowest BCUT2D eigenvalue weighted by molar-refractivity contribution is -0.119. The van der Waals surface area contributed by atoms with Crippen molar-refractivity contribution in [3.05, 3.63) is 95.3 Å². The van der Waals surface area contributed by atoms with Crippen LogP contribution in [0.4, 0.5) is 20.6 Å². The van der Waals surface area contributed by atoms with Crippen molar-refractivity contribution in [1.29, 1.82) is 0 Å². The number of hydrogen-bond acceptors (Lipinski definition) is 3. The summed E-state index contributed by atoms with van der Waals surface area (Å²) in [5, 5.41) is 5.30. The van der Waals surface area contributed by atoms with Crippen LogP contribution in [-0.4, -0.2) is 30.9 Å². The molecule has 6 nitrogen and oxygen atoms in total. The highest BCUT2D eigenvalue weighted by Gasteiger charge is 2.31. The molecule has 2 N–H and O–H groups in total. The molecule has 31 heavy (non-hydrogen) atoms. The highest BCUT2D eigenvalue weighted by Crippen LogP contribution is 2.28. The fraction of sp³-hybridized carbons (Fsp3) is 0.125. The largest absolute Gasteiger partial charge is 0.321 e. The SMILES string of the molecule is Cc1ccc(NC(=O)NC2N=C(c3ccccc3F)c3ccccc3N(C)C2=O)cc1. The van der Waals surface area contributed by atoms with Crippen molar-refractivity contribution in [1.82, 2.24) is 5.32 Å². The minimum absolute atomic E-state index is 0.254. The maximum atomic E-state index is 14.6. The van der Waals surface area contributed by atoms with E-state index in [0.29, 0.717) is 22.6 Å². The van der Waals surface area contributed by atoms with Crippen molar-refractivity contribution < 1.29 is 14.0 Å². The number of fused-ring (bicyclic) bond motifs is 1. The number of nitrogens with one attached hydrogen (secondary N) is 2. The number of nitrogens with zero attached hydrogens (tertiary/aromatic N) is 2. The van der Waals surface area contributed by atoms with E-state index in [1.807, 2.05) is 19.1 Å². The van der Waals surface area contributed by atoms with E-state index in [2.05, 4.69) is 15.6 Å². The molecule has 3 aromatic carbocycles. The summed E-state index contributed by atoms with van der Waals surface area (Å²) in [5.41, 5.74) is 3.38. The number of para-hydroxylation sites is 1. The molecule has 0 spiro atoms. The maximum Gasteiger partial charge on any atom is 0.321 e. The Morgan fingerprint density at radius 2 is 1.61 bits per heavy atom. The average molecular weight is 416 g/mol. The molecule has 4 rings (SSSR count). The quantitative estimate of drug-likeness (QED) is 0.675. The van der Waals surface area contributed by atoms with Gasteiger partial charge in [-0.15, -0.1) is 0 Å². The van der Waals surface area contributed by atoms with E-state index in [1.54, 1.807) is 61.6 Å². The minimum atomic E-state index is -1.22. The normalized spacial score (nSPS) is 15.6. The lowest BCUT2D eigenvalue weighted by atomic mass is 10.00. The Hall–Kier alpha value is -4.00. The third-order valence-electron chi connectivity index (χ3n) is 5.05. The molecule has 1 aliphatic heterocycles. The van der Waals surface area contributed by atoms with Crippen molar-refractivity contribution in [2.75, 3.05) is 17.3 Å². The highest BCUT2D eigenvalue weighted by molar-refractivity contribution is 6.20. The van der Waals surface area contributed by atoms with Gasteiger partial charge in [0.15, 0.2) is 0 Å². The average Bonchev–Trinajstić information content (AvgIpc) is 2.87. The second kappa shape index (κ2) is 8.39. The van der Waals surface area contributed by atoms with Crippen LogP contribution in [0, 0.1) is 12.7 Å². The Balaban J connectivity index is 1.71. The number of likely N-dealkylation sites (N-methyl/N-ethyl adjacent to an activating group) is 1. The number of aryl methyl sites for hydroxylation is 1. The molecule has 0 saturated carbocycles. The summed E-state index contributed by atoms with van der Waals surface area (Å²) in [6, 6.07) is 20.0. The molecule has 3 amide bonds. The third kappa shape index (κ3) is 4.16. The molecule has 1 heterocycles. The van der Waals surface area contributed by atoms with E-state index in [1.165, 1.54) is 11.0 Å². The number of rotatable bonds is 3. The first-order valence-corrected chi connectivity index (χ1v) is 9.78. The summed E-state index contributed by atoms with van der Waals surface area (Å²) in [5.74, 6) is -0.895. The monoisotopic (exact) mass is 416 g/mol. The number of halogens is 1. The number of benzodiazepines with no additional fused rings is 1. The van der Waals surface area contributed by atoms with E-state index in [9.17, 15) is 14.0 Å². The molecule has 0 aliphatic carbocycles. The predicted octanol–water partition coefficient (Wildman–Crippen LogP) is 4.10. The Morgan fingerprint density at radius 3 is 2.32 bits per heavy atom. The number of benzene rings is 3. The van der Waals surface area contributed by atoms with Crippen molar-refractivity contribution in [2.45, 2.75) is 13.1 Å². The first kappa shape index (κ1) is 20.3. The second-order valence-corrected chi connectivity index (χ2v) is 7.24. The van der Waals surface area contributed by atoms with Gasteiger partial charge in [-0.1, -0.05) is 48.0 Å². The zero-order valence-electron chi connectivity index (χ0n) is 17.1. The van der Waals surface area contributed by atoms with E-state index in [-0.39, 0.29) is 5.56 Å². The Morgan fingerprint density at radius 1 is 0.968 bits per heavy atom. The van der Waals surface area contributed by atoms with Gasteiger partial charge in [-0.25, -0.2) is 14.2 Å². The fourth-order valence-corrected chi connectivity index (χ4v) is 3.41. The first-order valence-electron chi connectivity index (χ1n) is 9.78. The van der Waals surface area contributed by atoms with Crippen LogP contribution in [-0.2, 0) is 4.79 Å². The summed E-state index contributed by atoms with van der Waals surface area (Å²) in [6.07, 6.45) is -1.22. The van der Waals surface area contributed by atoms with Crippen LogP contribution in [0.5, 0.6) is 0 Å². The standard InChI is InChI=1S/C24H21FN4O2/c1-15-11-13-16(14-12-15)26-24(31)28-22-23(30)29(2)20-10-6-4-8-18(20)21(27-22)17-7-3-5-9-19(17)25/h3-14,22H,1-2H3,(H2,26,28,31). The second-order valence-electron chi connectivity index (χ2n) is 7.24. The number of carbonyl (C=O) groups is 2. The van der Waals surface area contributed by atoms with Gasteiger partial charge in [0.1, 0.15) is 5.82 Å². The van der Waals surface area contributed by atoms with Gasteiger partial charge in [0.05, 0.1) is 11.4 Å². The van der Waals surface area contributed by atoms with Gasteiger partial charge in [-0.05, 0) is 37.3 Å². The smallest absolute Gasteiger partial charge is 0.311 e. The lowest BCUT2D eigenvalue weighted by Gasteiger charge is -2.21. The number of aliphatic imine (C=N–C) groups is 1. The molecule has 1 aliphatic rings. The van der Waals surface area contributed by atoms with Gasteiger partial charge in [-0.3, -0.25) is 4.79 Å². The zero-order chi connectivity index (χ0) is 22.0. The van der Waals surface area contributed by atoms with E-state index in [4.69, 9.17) is 0 Å². The minimum Gasteiger partial charge on any atom is -0.311 e. The third-order valence-corrected chi connectivity index (χ3v) is 5.05. The molecule has 1 atom stereocenters. The molecule has 156 valence electrons. The van der Waals surface area contributed by atoms with Crippen molar-refractivity contribution in [3.63, 3.8) is 0 Å². The van der Waals surface area contributed by atoms with Crippen molar-refractivity contribution >= 4 is 29.0 Å². The zero-order valence-corrected chi connectivity index (χ0v) is 17.1. The molecular formula is C24H21FN4O2. The molecule has 0 bridgehead atoms. The van der Waals surface area contributed by atoms with E-state index in [0.717, 1.165) is 5.56 Å². The Bertz CT molecular complexity index is 1170. The number of amides is 3. The summed E-state index contributed by atoms with van der Waals surface area (Å²) >= 11 is 0. The summed E-state index contributed by atoms with van der Waals surface area (Å²) in [4.78, 5) is 31.6. The van der Waals surface area contributed by atoms with Crippen LogP contribution in [0.2, 0.25) is 0 Å². The van der Waals surface area contributed by atoms with Gasteiger partial charge in [0, 0.05) is 23.9 Å². The van der Waals surface area contributed by atoms with Crippen molar-refractivity contribution in [2.24, 2.45) is 4.99 Å². The topological polar surface area (TPSA) is 73.8 Å². The van der Waals surface area contributed by atoms with Crippen LogP contribution < -0.4 is 15.5 Å². The summed E-state index contributed by atoms with van der Waals surface area (Å²) in [7, 11) is 1.60. The van der Waals surface area contributed by atoms with Gasteiger partial charge < -0.3 is 15.5 Å². The lowest BCUT2D eigenvalue weighted by Crippen LogP contribution is -2.47. The van der Waals surface area contributed by atoms with Gasteiger partial charge in [0.25, 0.3) is 5.91 Å². The highest BCUT2D eigenvalue weighted by atomic mass is 19.1. The molecule has 3 aromatic rings. The number of carbonyl (C=O) groups excluding carboxylic acids is 2. The molecular weight excluding hydrogens is 395 g/mol. The molecule has 7 heteroatoms. The number of anilines is 2. The predicted molar refractivity (Wildman–Crippen MR) is 119 cm³/mol. The summed E-state index contributed by atoms with van der Waals surface area (Å²) in [6.45, 7) is 1.94.